The van der Waals surface area contributed by atoms with E-state index in [2.05, 4.69) is 45.3 Å². The van der Waals surface area contributed by atoms with Crippen LogP contribution in [0.2, 0.25) is 0 Å². The number of hydrogen-bond donors (Lipinski definition) is 0. The maximum absolute atomic E-state index is 12.8. The number of nitrogens with zero attached hydrogens (tertiary/aromatic N) is 5. The number of thiazole rings is 1. The van der Waals surface area contributed by atoms with Crippen LogP contribution in [-0.2, 0) is 11.2 Å². The highest BCUT2D eigenvalue weighted by Crippen LogP contribution is 2.27. The molecule has 0 aliphatic carbocycles. The molecule has 0 spiro atoms. The zero-order chi connectivity index (χ0) is 22.8. The molecule has 4 heterocycles. The SMILES string of the molecule is Cc1ccc(-c2noc([C@@H](C)N3CCN(C(=O)Cc4csc(-c5ccsc5)n4)CC3)n2)cc1. The van der Waals surface area contributed by atoms with E-state index in [-0.39, 0.29) is 11.9 Å². The number of aryl methyl sites for hydroxylation is 1. The molecule has 1 fully saturated rings. The van der Waals surface area contributed by atoms with Crippen molar-refractivity contribution < 1.29 is 9.32 Å². The van der Waals surface area contributed by atoms with Crippen LogP contribution in [0.5, 0.6) is 0 Å². The van der Waals surface area contributed by atoms with Gasteiger partial charge in [-0.25, -0.2) is 4.98 Å². The topological polar surface area (TPSA) is 75.4 Å². The number of amides is 1. The van der Waals surface area contributed by atoms with Crippen molar-refractivity contribution in [2.75, 3.05) is 26.2 Å². The minimum absolute atomic E-state index is 0.000611. The molecule has 1 aromatic carbocycles. The van der Waals surface area contributed by atoms with E-state index in [0.29, 0.717) is 31.2 Å². The maximum atomic E-state index is 12.8. The van der Waals surface area contributed by atoms with Gasteiger partial charge in [0.15, 0.2) is 0 Å². The zero-order valence-corrected chi connectivity index (χ0v) is 20.2. The van der Waals surface area contributed by atoms with Gasteiger partial charge in [-0.15, -0.1) is 11.3 Å². The fraction of sp³-hybridized carbons (Fsp3) is 0.333. The lowest BCUT2D eigenvalue weighted by molar-refractivity contribution is -0.132. The quantitative estimate of drug-likeness (QED) is 0.400. The normalized spacial score (nSPS) is 15.6. The van der Waals surface area contributed by atoms with Crippen molar-refractivity contribution in [2.24, 2.45) is 0 Å². The lowest BCUT2D eigenvalue weighted by Crippen LogP contribution is -2.49. The number of rotatable bonds is 6. The third-order valence-corrected chi connectivity index (χ3v) is 7.60. The minimum Gasteiger partial charge on any atom is -0.340 e. The van der Waals surface area contributed by atoms with Crippen LogP contribution in [0.3, 0.4) is 0 Å². The Bertz CT molecular complexity index is 1210. The maximum Gasteiger partial charge on any atom is 0.244 e. The van der Waals surface area contributed by atoms with Gasteiger partial charge >= 0.3 is 0 Å². The van der Waals surface area contributed by atoms with Gasteiger partial charge in [0, 0.05) is 48.1 Å². The van der Waals surface area contributed by atoms with Crippen LogP contribution in [0.15, 0.2) is 51.0 Å². The summed E-state index contributed by atoms with van der Waals surface area (Å²) >= 11 is 3.25. The molecule has 170 valence electrons. The Kier molecular flexibility index (Phi) is 6.34. The van der Waals surface area contributed by atoms with Gasteiger partial charge < -0.3 is 9.42 Å². The Labute approximate surface area is 200 Å². The van der Waals surface area contributed by atoms with Gasteiger partial charge in [-0.05, 0) is 25.3 Å². The molecule has 5 rings (SSSR count). The molecule has 4 aromatic rings. The summed E-state index contributed by atoms with van der Waals surface area (Å²) in [5.74, 6) is 1.34. The third-order valence-electron chi connectivity index (χ3n) is 5.98. The summed E-state index contributed by atoms with van der Waals surface area (Å²) in [4.78, 5) is 26.3. The fourth-order valence-corrected chi connectivity index (χ4v) is 5.45. The van der Waals surface area contributed by atoms with E-state index in [1.807, 2.05) is 39.9 Å². The highest BCUT2D eigenvalue weighted by Gasteiger charge is 2.28. The summed E-state index contributed by atoms with van der Waals surface area (Å²) in [6, 6.07) is 10.2. The molecule has 9 heteroatoms. The highest BCUT2D eigenvalue weighted by atomic mass is 32.1. The van der Waals surface area contributed by atoms with E-state index in [0.717, 1.165) is 34.9 Å². The van der Waals surface area contributed by atoms with Crippen LogP contribution in [0, 0.1) is 6.92 Å². The van der Waals surface area contributed by atoms with Crippen molar-refractivity contribution in [1.29, 1.82) is 0 Å². The van der Waals surface area contributed by atoms with E-state index in [9.17, 15) is 4.79 Å². The molecular formula is C24H25N5O2S2. The second-order valence-corrected chi connectivity index (χ2v) is 9.89. The average molecular weight is 480 g/mol. The molecule has 1 aliphatic rings. The first kappa shape index (κ1) is 21.9. The van der Waals surface area contributed by atoms with E-state index in [1.54, 1.807) is 22.7 Å². The Morgan fingerprint density at radius 2 is 1.85 bits per heavy atom. The fourth-order valence-electron chi connectivity index (χ4n) is 3.91. The first-order valence-electron chi connectivity index (χ1n) is 11.0. The van der Waals surface area contributed by atoms with Crippen molar-refractivity contribution in [2.45, 2.75) is 26.3 Å². The predicted octanol–water partition coefficient (Wildman–Crippen LogP) is 4.68. The summed E-state index contributed by atoms with van der Waals surface area (Å²) < 4.78 is 5.56. The monoisotopic (exact) mass is 479 g/mol. The van der Waals surface area contributed by atoms with Crippen molar-refractivity contribution in [3.05, 3.63) is 63.6 Å². The van der Waals surface area contributed by atoms with Crippen molar-refractivity contribution in [1.82, 2.24) is 24.9 Å². The van der Waals surface area contributed by atoms with Crippen LogP contribution < -0.4 is 0 Å². The molecule has 0 saturated carbocycles. The van der Waals surface area contributed by atoms with Crippen LogP contribution in [0.1, 0.15) is 30.1 Å². The summed E-state index contributed by atoms with van der Waals surface area (Å²) in [6.45, 7) is 7.04. The molecule has 0 bridgehead atoms. The molecule has 7 nitrogen and oxygen atoms in total. The Morgan fingerprint density at radius 1 is 1.06 bits per heavy atom. The van der Waals surface area contributed by atoms with E-state index < -0.39 is 0 Å². The predicted molar refractivity (Wildman–Crippen MR) is 130 cm³/mol. The lowest BCUT2D eigenvalue weighted by atomic mass is 10.1. The summed E-state index contributed by atoms with van der Waals surface area (Å²) in [5.41, 5.74) is 4.11. The molecule has 1 atom stereocenters. The largest absolute Gasteiger partial charge is 0.340 e. The number of benzene rings is 1. The summed E-state index contributed by atoms with van der Waals surface area (Å²) in [7, 11) is 0. The van der Waals surface area contributed by atoms with E-state index in [4.69, 9.17) is 4.52 Å². The van der Waals surface area contributed by atoms with Crippen molar-refractivity contribution in [3.63, 3.8) is 0 Å². The Balaban J connectivity index is 1.15. The molecule has 33 heavy (non-hydrogen) atoms. The van der Waals surface area contributed by atoms with Crippen molar-refractivity contribution in [3.8, 4) is 22.0 Å². The van der Waals surface area contributed by atoms with Gasteiger partial charge in [0.1, 0.15) is 5.01 Å². The average Bonchev–Trinajstić information content (AvgIpc) is 3.61. The van der Waals surface area contributed by atoms with E-state index in [1.165, 1.54) is 5.56 Å². The first-order valence-corrected chi connectivity index (χ1v) is 12.8. The third kappa shape index (κ3) is 4.90. The molecule has 1 amide bonds. The van der Waals surface area contributed by atoms with Gasteiger partial charge in [-0.3, -0.25) is 9.69 Å². The Hall–Kier alpha value is -2.88. The zero-order valence-electron chi connectivity index (χ0n) is 18.6. The first-order chi connectivity index (χ1) is 16.1. The number of carbonyl (C=O) groups excluding carboxylic acids is 1. The van der Waals surface area contributed by atoms with Gasteiger partial charge in [0.25, 0.3) is 0 Å². The standard InChI is InChI=1S/C24H25N5O2S2/c1-16-3-5-18(6-4-16)22-26-23(31-27-22)17(2)28-8-10-29(11-9-28)21(30)13-20-15-33-24(25-20)19-7-12-32-14-19/h3-7,12,14-15,17H,8-11,13H2,1-2H3/t17-/m1/s1. The smallest absolute Gasteiger partial charge is 0.244 e. The second kappa shape index (κ2) is 9.54. The summed E-state index contributed by atoms with van der Waals surface area (Å²) in [6.07, 6.45) is 0.347. The molecule has 3 aromatic heterocycles. The molecular weight excluding hydrogens is 454 g/mol. The van der Waals surface area contributed by atoms with Crippen LogP contribution in [0.25, 0.3) is 22.0 Å². The number of piperazine rings is 1. The minimum atomic E-state index is 0.000611. The van der Waals surface area contributed by atoms with Gasteiger partial charge in [-0.1, -0.05) is 35.0 Å². The second-order valence-electron chi connectivity index (χ2n) is 8.25. The van der Waals surface area contributed by atoms with Crippen LogP contribution >= 0.6 is 22.7 Å². The van der Waals surface area contributed by atoms with E-state index >= 15 is 0 Å². The molecule has 1 aliphatic heterocycles. The molecule has 0 unspecified atom stereocenters. The lowest BCUT2D eigenvalue weighted by Gasteiger charge is -2.36. The van der Waals surface area contributed by atoms with Gasteiger partial charge in [0.2, 0.25) is 17.6 Å². The number of hydrogen-bond acceptors (Lipinski definition) is 8. The number of thiophene rings is 1. The molecule has 0 radical (unpaired) electrons. The number of carbonyl (C=O) groups is 1. The highest BCUT2D eigenvalue weighted by molar-refractivity contribution is 7.14. The van der Waals surface area contributed by atoms with Crippen LogP contribution in [0.4, 0.5) is 0 Å². The van der Waals surface area contributed by atoms with Gasteiger partial charge in [-0.2, -0.15) is 16.3 Å². The van der Waals surface area contributed by atoms with Crippen molar-refractivity contribution >= 4 is 28.6 Å². The molecule has 0 N–H and O–H groups in total. The summed E-state index contributed by atoms with van der Waals surface area (Å²) in [5, 5.41) is 11.2. The van der Waals surface area contributed by atoms with Crippen LogP contribution in [-0.4, -0.2) is 57.0 Å². The molecule has 1 saturated heterocycles. The van der Waals surface area contributed by atoms with Gasteiger partial charge in [0.05, 0.1) is 18.2 Å². The number of aromatic nitrogens is 3. The Morgan fingerprint density at radius 3 is 2.58 bits per heavy atom.